The van der Waals surface area contributed by atoms with E-state index in [2.05, 4.69) is 396 Å². The second kappa shape index (κ2) is 31.4. The van der Waals surface area contributed by atoms with Crippen LogP contribution in [-0.4, -0.2) is 0 Å². The Labute approximate surface area is 714 Å². The van der Waals surface area contributed by atoms with Crippen LogP contribution < -0.4 is 20.0 Å². The number of anilines is 11. The molecule has 18 aromatic carbocycles. The summed E-state index contributed by atoms with van der Waals surface area (Å²) in [4.78, 5) is 7.04. The number of furan rings is 2. The topological polar surface area (TPSA) is 48.0 Å². The Bertz CT molecular complexity index is 7930. The van der Waals surface area contributed by atoms with Gasteiger partial charge < -0.3 is 28.9 Å². The lowest BCUT2D eigenvalue weighted by atomic mass is 10.0. The first-order valence-electron chi connectivity index (χ1n) is 39.7. The molecule has 6 aromatic heterocycles. The molecule has 6 heterocycles. The summed E-state index contributed by atoms with van der Waals surface area (Å²) in [5.41, 5.74) is 20.4. The van der Waals surface area contributed by atoms with Gasteiger partial charge in [-0.25, -0.2) is 0 Å². The van der Waals surface area contributed by atoms with Crippen LogP contribution in [0.1, 0.15) is 7.43 Å². The monoisotopic (exact) mass is 1630 g/mol. The summed E-state index contributed by atoms with van der Waals surface area (Å²) in [5, 5.41) is 18.9. The Morgan fingerprint density at radius 1 is 0.217 bits per heavy atom. The van der Waals surface area contributed by atoms with Crippen LogP contribution in [0.4, 0.5) is 62.6 Å². The van der Waals surface area contributed by atoms with Gasteiger partial charge in [-0.2, -0.15) is 0 Å². The normalized spacial score (nSPS) is 11.5. The number of halogens is 1. The third-order valence-electron chi connectivity index (χ3n) is 22.4. The number of benzene rings is 18. The van der Waals surface area contributed by atoms with Crippen molar-refractivity contribution in [1.29, 1.82) is 0 Å². The van der Waals surface area contributed by atoms with E-state index in [1.165, 1.54) is 103 Å². The minimum atomic E-state index is 0. The van der Waals surface area contributed by atoms with Crippen LogP contribution in [0.3, 0.4) is 0 Å². The zero-order valence-electron chi connectivity index (χ0n) is 63.9. The second-order valence-corrected chi connectivity index (χ2v) is 34.3. The van der Waals surface area contributed by atoms with Gasteiger partial charge in [0.2, 0.25) is 0 Å². The maximum Gasteiger partial charge on any atom is 0.137 e. The molecule has 0 unspecified atom stereocenters. The second-order valence-electron chi connectivity index (χ2n) is 29.6. The molecule has 24 aromatic rings. The molecule has 0 fully saturated rings. The predicted octanol–water partition coefficient (Wildman–Crippen LogP) is 35.1. The summed E-state index contributed by atoms with van der Waals surface area (Å²) >= 11 is 13.6. The van der Waals surface area contributed by atoms with Crippen molar-refractivity contribution in [2.24, 2.45) is 0 Å². The van der Waals surface area contributed by atoms with E-state index in [1.807, 2.05) is 81.7 Å². The van der Waals surface area contributed by atoms with Crippen molar-refractivity contribution in [1.82, 2.24) is 0 Å². The van der Waals surface area contributed by atoms with Crippen LogP contribution in [0, 0.1) is 0 Å². The van der Waals surface area contributed by atoms with E-state index >= 15 is 0 Å². The Balaban J connectivity index is 0.000000123. The molecule has 0 radical (unpaired) electrons. The van der Waals surface area contributed by atoms with Crippen LogP contribution in [0.25, 0.3) is 147 Å². The molecule has 11 heteroatoms. The molecule has 24 rings (SSSR count). The van der Waals surface area contributed by atoms with Crippen molar-refractivity contribution in [3.8, 4) is 22.3 Å². The summed E-state index contributed by atoms with van der Waals surface area (Å²) in [6.45, 7) is 0. The van der Waals surface area contributed by atoms with Crippen LogP contribution in [0.15, 0.2) is 421 Å². The fourth-order valence-electron chi connectivity index (χ4n) is 16.8. The van der Waals surface area contributed by atoms with Gasteiger partial charge in [-0.15, -0.1) is 45.3 Å². The van der Waals surface area contributed by atoms with E-state index in [9.17, 15) is 0 Å². The van der Waals surface area contributed by atoms with Crippen LogP contribution >= 0.6 is 56.9 Å². The molecule has 572 valence electrons. The van der Waals surface area contributed by atoms with Crippen LogP contribution in [0.5, 0.6) is 0 Å². The predicted molar refractivity (Wildman–Crippen MR) is 522 cm³/mol. The van der Waals surface area contributed by atoms with Gasteiger partial charge in [0.05, 0.1) is 20.8 Å². The SMILES string of the molecule is C.Clc1ccc2c(c1)oc1ccc(N(c3ccccc3)c3ccc4sc5ccccc5c4c3)cc12.c1ccc(-c2ccc(N(c3ccc4c(c3)oc3ccc(N(c5ccccc5)c5ccc6sc7ccccc7c6c5)cc34)c3cccc4c3sc3ccccc34)cc2)cc1.c1ccc(-c2ccc(Nc3cccc4c3sc3ccccc34)cc2)cc1. The van der Waals surface area contributed by atoms with Gasteiger partial charge in [0.15, 0.2) is 0 Å². The van der Waals surface area contributed by atoms with Crippen LogP contribution in [-0.2, 0) is 0 Å². The number of hydrogen-bond acceptors (Lipinski definition) is 10. The van der Waals surface area contributed by atoms with E-state index < -0.39 is 0 Å². The Morgan fingerprint density at radius 3 is 1.08 bits per heavy atom. The first kappa shape index (κ1) is 73.5. The third kappa shape index (κ3) is 13.7. The molecule has 0 spiro atoms. The van der Waals surface area contributed by atoms with E-state index in [0.29, 0.717) is 5.02 Å². The van der Waals surface area contributed by atoms with Gasteiger partial charge in [0, 0.05) is 161 Å². The van der Waals surface area contributed by atoms with Gasteiger partial charge >= 0.3 is 0 Å². The Hall–Kier alpha value is -14.1. The molecule has 0 aliphatic heterocycles. The number of nitrogens with zero attached hydrogens (tertiary/aromatic N) is 3. The number of nitrogens with one attached hydrogen (secondary N) is 1. The standard InChI is InChI=1S/C54H34N2OS2.C30H18ClNOS.C24H17NS.CH4/c1-3-12-35(13-4-1)36-22-24-38(25-23-36)56(48-19-11-18-45-43-16-7-10-21-52(43)59-54(45)48)41-26-29-42-46-32-39(27-30-49(46)57-50(42)34-41)55(37-14-5-2-6-15-37)40-28-31-53-47(33-40)44-17-8-9-20-51(44)58-53;31-19-10-13-23-25-17-21(11-14-27(25)33-28(23)16-19)32(20-6-2-1-3-7-20)22-12-15-30-26(18-22)24-8-4-5-9-29(24)34-30;1-2-7-17(8-3-1)18-13-15-19(16-14-18)25-22-11-6-10-21-20-9-4-5-12-23(20)26-24(21)22;/h1-34H;1-18H;1-16,25H;1H4. The summed E-state index contributed by atoms with van der Waals surface area (Å²) in [5.74, 6) is 0. The number of rotatable bonds is 13. The fraction of sp³-hybridized carbons (Fsp3) is 0.00917. The molecule has 0 saturated carbocycles. The van der Waals surface area contributed by atoms with Crippen LogP contribution in [0.2, 0.25) is 5.02 Å². The van der Waals surface area contributed by atoms with E-state index in [4.69, 9.17) is 20.4 Å². The third-order valence-corrected chi connectivity index (χ3v) is 27.4. The first-order valence-corrected chi connectivity index (χ1v) is 43.3. The molecule has 0 aliphatic carbocycles. The van der Waals surface area contributed by atoms with Gasteiger partial charge in [-0.1, -0.05) is 237 Å². The van der Waals surface area contributed by atoms with Crippen molar-refractivity contribution in [2.45, 2.75) is 7.43 Å². The average molecular weight is 1630 g/mol. The molecule has 1 N–H and O–H groups in total. The molecular weight excluding hydrogens is 1560 g/mol. The molecule has 120 heavy (non-hydrogen) atoms. The number of para-hydroxylation sites is 2. The van der Waals surface area contributed by atoms with E-state index in [0.717, 1.165) is 106 Å². The number of hydrogen-bond donors (Lipinski definition) is 1. The van der Waals surface area contributed by atoms with Gasteiger partial charge in [0.25, 0.3) is 0 Å². The molecule has 0 aliphatic rings. The van der Waals surface area contributed by atoms with Crippen molar-refractivity contribution < 1.29 is 8.83 Å². The molecule has 0 amide bonds. The minimum Gasteiger partial charge on any atom is -0.456 e. The maximum absolute atomic E-state index is 6.73. The lowest BCUT2D eigenvalue weighted by Crippen LogP contribution is -2.10. The lowest BCUT2D eigenvalue weighted by molar-refractivity contribution is 0.668. The first-order chi connectivity index (χ1) is 58.9. The summed E-state index contributed by atoms with van der Waals surface area (Å²) in [6.07, 6.45) is 0. The van der Waals surface area contributed by atoms with Gasteiger partial charge in [0.1, 0.15) is 22.3 Å². The molecule has 0 atom stereocenters. The lowest BCUT2D eigenvalue weighted by Gasteiger charge is -2.26. The highest BCUT2D eigenvalue weighted by Gasteiger charge is 2.24. The van der Waals surface area contributed by atoms with Crippen molar-refractivity contribution in [2.75, 3.05) is 20.0 Å². The maximum atomic E-state index is 6.73. The Kier molecular flexibility index (Phi) is 19.3. The van der Waals surface area contributed by atoms with Gasteiger partial charge in [-0.05, 0) is 204 Å². The highest BCUT2D eigenvalue weighted by molar-refractivity contribution is 7.27. The number of thiophene rings is 4. The highest BCUT2D eigenvalue weighted by atomic mass is 35.5. The highest BCUT2D eigenvalue weighted by Crippen LogP contribution is 2.50. The summed E-state index contributed by atoms with van der Waals surface area (Å²) in [7, 11) is 0. The fourth-order valence-corrected chi connectivity index (χ4v) is 21.5. The smallest absolute Gasteiger partial charge is 0.137 e. The van der Waals surface area contributed by atoms with Gasteiger partial charge in [-0.3, -0.25) is 0 Å². The summed E-state index contributed by atoms with van der Waals surface area (Å²) in [6, 6.07) is 147. The number of fused-ring (bicyclic) bond motifs is 18. The Morgan fingerprint density at radius 2 is 0.567 bits per heavy atom. The zero-order valence-corrected chi connectivity index (χ0v) is 68.0. The average Bonchev–Trinajstić information content (AvgIpc) is 1.59. The zero-order chi connectivity index (χ0) is 78.9. The molecule has 6 nitrogen and oxygen atoms in total. The van der Waals surface area contributed by atoms with Crippen molar-refractivity contribution in [3.05, 3.63) is 418 Å². The quantitative estimate of drug-likeness (QED) is 0.124. The summed E-state index contributed by atoms with van der Waals surface area (Å²) < 4.78 is 23.2. The minimum absolute atomic E-state index is 0. The van der Waals surface area contributed by atoms with Crippen molar-refractivity contribution in [3.63, 3.8) is 0 Å². The van der Waals surface area contributed by atoms with E-state index in [-0.39, 0.29) is 7.43 Å². The molecule has 0 saturated heterocycles. The van der Waals surface area contributed by atoms with Crippen molar-refractivity contribution >= 4 is 244 Å². The molecular formula is C109H73ClN4O2S4. The molecule has 0 bridgehead atoms. The van der Waals surface area contributed by atoms with E-state index in [1.54, 1.807) is 0 Å². The largest absolute Gasteiger partial charge is 0.456 e.